The number of hydrogen-bond acceptors (Lipinski definition) is 2. The smallest absolute Gasteiger partial charge is 0.387 e. The van der Waals surface area contributed by atoms with E-state index < -0.39 is 6.61 Å². The molecule has 0 spiro atoms. The molecular formula is C14H21F2NO. The van der Waals surface area contributed by atoms with Gasteiger partial charge in [-0.25, -0.2) is 0 Å². The average molecular weight is 257 g/mol. The van der Waals surface area contributed by atoms with Crippen LogP contribution in [0.4, 0.5) is 8.78 Å². The van der Waals surface area contributed by atoms with Crippen molar-refractivity contribution in [3.05, 3.63) is 29.8 Å². The van der Waals surface area contributed by atoms with E-state index >= 15 is 0 Å². The highest BCUT2D eigenvalue weighted by molar-refractivity contribution is 5.36. The Hall–Kier alpha value is -1.16. The molecule has 2 unspecified atom stereocenters. The van der Waals surface area contributed by atoms with Gasteiger partial charge in [-0.15, -0.1) is 0 Å². The maximum absolute atomic E-state index is 12.4. The van der Waals surface area contributed by atoms with E-state index in [9.17, 15) is 8.78 Å². The molecule has 1 N–H and O–H groups in total. The summed E-state index contributed by atoms with van der Waals surface area (Å²) < 4.78 is 29.3. The van der Waals surface area contributed by atoms with Gasteiger partial charge in [0, 0.05) is 11.6 Å². The minimum atomic E-state index is -2.79. The topological polar surface area (TPSA) is 21.3 Å². The first-order valence-corrected chi connectivity index (χ1v) is 6.31. The molecule has 0 aromatic heterocycles. The summed E-state index contributed by atoms with van der Waals surface area (Å²) in [6, 6.07) is 7.00. The maximum atomic E-state index is 12.4. The Bertz CT molecular complexity index is 357. The quantitative estimate of drug-likeness (QED) is 0.797. The highest BCUT2D eigenvalue weighted by Gasteiger charge is 2.21. The molecule has 18 heavy (non-hydrogen) atoms. The Morgan fingerprint density at radius 1 is 1.28 bits per heavy atom. The molecule has 1 aromatic rings. The summed E-state index contributed by atoms with van der Waals surface area (Å²) in [4.78, 5) is 0. The second-order valence-corrected chi connectivity index (χ2v) is 4.45. The minimum Gasteiger partial charge on any atom is -0.434 e. The van der Waals surface area contributed by atoms with Crippen LogP contribution in [-0.4, -0.2) is 13.7 Å². The van der Waals surface area contributed by atoms with Crippen LogP contribution in [0, 0.1) is 5.92 Å². The van der Waals surface area contributed by atoms with Gasteiger partial charge in [-0.1, -0.05) is 38.5 Å². The van der Waals surface area contributed by atoms with Crippen LogP contribution in [0.3, 0.4) is 0 Å². The van der Waals surface area contributed by atoms with Gasteiger partial charge in [0.1, 0.15) is 5.75 Å². The van der Waals surface area contributed by atoms with E-state index in [1.165, 1.54) is 0 Å². The predicted octanol–water partition coefficient (Wildman–Crippen LogP) is 3.98. The zero-order chi connectivity index (χ0) is 13.5. The largest absolute Gasteiger partial charge is 0.434 e. The lowest BCUT2D eigenvalue weighted by molar-refractivity contribution is -0.0508. The van der Waals surface area contributed by atoms with Gasteiger partial charge >= 0.3 is 6.61 Å². The molecule has 2 atom stereocenters. The number of nitrogens with one attached hydrogen (secondary N) is 1. The van der Waals surface area contributed by atoms with Crippen molar-refractivity contribution in [2.45, 2.75) is 39.3 Å². The Morgan fingerprint density at radius 3 is 2.50 bits per heavy atom. The van der Waals surface area contributed by atoms with Crippen LogP contribution < -0.4 is 10.1 Å². The van der Waals surface area contributed by atoms with Crippen molar-refractivity contribution in [3.63, 3.8) is 0 Å². The van der Waals surface area contributed by atoms with E-state index in [-0.39, 0.29) is 11.8 Å². The van der Waals surface area contributed by atoms with Crippen molar-refractivity contribution >= 4 is 0 Å². The molecule has 0 aliphatic rings. The number of rotatable bonds is 7. The number of para-hydroxylation sites is 1. The van der Waals surface area contributed by atoms with Crippen molar-refractivity contribution in [3.8, 4) is 5.75 Å². The van der Waals surface area contributed by atoms with Crippen molar-refractivity contribution in [1.29, 1.82) is 0 Å². The van der Waals surface area contributed by atoms with Gasteiger partial charge in [0.2, 0.25) is 0 Å². The van der Waals surface area contributed by atoms with E-state index in [0.717, 1.165) is 18.4 Å². The van der Waals surface area contributed by atoms with Crippen LogP contribution >= 0.6 is 0 Å². The molecule has 0 saturated heterocycles. The lowest BCUT2D eigenvalue weighted by Gasteiger charge is -2.25. The molecule has 0 fully saturated rings. The fourth-order valence-electron chi connectivity index (χ4n) is 2.31. The number of benzene rings is 1. The first kappa shape index (κ1) is 14.9. The molecule has 0 aliphatic heterocycles. The second kappa shape index (κ2) is 7.31. The first-order valence-electron chi connectivity index (χ1n) is 6.31. The van der Waals surface area contributed by atoms with Crippen molar-refractivity contribution < 1.29 is 13.5 Å². The number of alkyl halides is 2. The standard InChI is InChI=1S/C14H21F2NO/c1-4-7-10(2)13(17-3)11-8-5-6-9-12(11)18-14(15)16/h5-6,8-10,13-14,17H,4,7H2,1-3H3. The van der Waals surface area contributed by atoms with Crippen LogP contribution in [0.1, 0.15) is 38.3 Å². The third-order valence-corrected chi connectivity index (χ3v) is 3.09. The third kappa shape index (κ3) is 3.95. The molecule has 0 aliphatic carbocycles. The maximum Gasteiger partial charge on any atom is 0.387 e. The minimum absolute atomic E-state index is 0.0277. The number of halogens is 2. The van der Waals surface area contributed by atoms with Gasteiger partial charge in [-0.3, -0.25) is 0 Å². The highest BCUT2D eigenvalue weighted by Crippen LogP contribution is 2.32. The van der Waals surface area contributed by atoms with Gasteiger partial charge in [-0.05, 0) is 25.5 Å². The molecule has 2 nitrogen and oxygen atoms in total. The SMILES string of the molecule is CCCC(C)C(NC)c1ccccc1OC(F)F. The summed E-state index contributed by atoms with van der Waals surface area (Å²) in [7, 11) is 1.84. The Labute approximate surface area is 107 Å². The lowest BCUT2D eigenvalue weighted by Crippen LogP contribution is -2.24. The Kier molecular flexibility index (Phi) is 6.05. The fraction of sp³-hybridized carbons (Fsp3) is 0.571. The van der Waals surface area contributed by atoms with Gasteiger partial charge in [-0.2, -0.15) is 8.78 Å². The summed E-state index contributed by atoms with van der Waals surface area (Å²) in [5, 5.41) is 3.19. The normalized spacial score (nSPS) is 14.6. The molecule has 0 radical (unpaired) electrons. The van der Waals surface area contributed by atoms with Crippen LogP contribution in [-0.2, 0) is 0 Å². The van der Waals surface area contributed by atoms with Crippen LogP contribution in [0.25, 0.3) is 0 Å². The van der Waals surface area contributed by atoms with Crippen molar-refractivity contribution in [2.24, 2.45) is 5.92 Å². The zero-order valence-corrected chi connectivity index (χ0v) is 11.1. The fourth-order valence-corrected chi connectivity index (χ4v) is 2.31. The molecule has 0 saturated carbocycles. The molecule has 1 rings (SSSR count). The molecule has 0 heterocycles. The van der Waals surface area contributed by atoms with Crippen LogP contribution in [0.15, 0.2) is 24.3 Å². The van der Waals surface area contributed by atoms with Gasteiger partial charge in [0.05, 0.1) is 0 Å². The summed E-state index contributed by atoms with van der Waals surface area (Å²) in [6.45, 7) is 1.44. The molecule has 102 valence electrons. The van der Waals surface area contributed by atoms with Crippen LogP contribution in [0.2, 0.25) is 0 Å². The molecule has 1 aromatic carbocycles. The lowest BCUT2D eigenvalue weighted by atomic mass is 9.90. The van der Waals surface area contributed by atoms with E-state index in [4.69, 9.17) is 0 Å². The van der Waals surface area contributed by atoms with Crippen molar-refractivity contribution in [2.75, 3.05) is 7.05 Å². The van der Waals surface area contributed by atoms with Gasteiger partial charge in [0.25, 0.3) is 0 Å². The second-order valence-electron chi connectivity index (χ2n) is 4.45. The average Bonchev–Trinajstić information content (AvgIpc) is 2.32. The molecule has 0 bridgehead atoms. The summed E-state index contributed by atoms with van der Waals surface area (Å²) in [5.74, 6) is 0.622. The molecule has 4 heteroatoms. The Balaban J connectivity index is 2.97. The number of ether oxygens (including phenoxy) is 1. The Morgan fingerprint density at radius 2 is 1.94 bits per heavy atom. The van der Waals surface area contributed by atoms with E-state index in [1.54, 1.807) is 12.1 Å². The first-order chi connectivity index (χ1) is 8.60. The van der Waals surface area contributed by atoms with E-state index in [0.29, 0.717) is 5.92 Å². The predicted molar refractivity (Wildman–Crippen MR) is 68.9 cm³/mol. The summed E-state index contributed by atoms with van der Waals surface area (Å²) >= 11 is 0. The van der Waals surface area contributed by atoms with Gasteiger partial charge < -0.3 is 10.1 Å². The van der Waals surface area contributed by atoms with Crippen LogP contribution in [0.5, 0.6) is 5.75 Å². The monoisotopic (exact) mass is 257 g/mol. The van der Waals surface area contributed by atoms with E-state index in [2.05, 4.69) is 23.9 Å². The highest BCUT2D eigenvalue weighted by atomic mass is 19.3. The van der Waals surface area contributed by atoms with Crippen molar-refractivity contribution in [1.82, 2.24) is 5.32 Å². The zero-order valence-electron chi connectivity index (χ0n) is 11.1. The summed E-state index contributed by atoms with van der Waals surface area (Å²) in [6.07, 6.45) is 2.10. The molecular weight excluding hydrogens is 236 g/mol. The van der Waals surface area contributed by atoms with Gasteiger partial charge in [0.15, 0.2) is 0 Å². The van der Waals surface area contributed by atoms with E-state index in [1.807, 2.05) is 19.2 Å². The third-order valence-electron chi connectivity index (χ3n) is 3.09. The number of hydrogen-bond donors (Lipinski definition) is 1. The molecule has 0 amide bonds. The summed E-state index contributed by atoms with van der Waals surface area (Å²) in [5.41, 5.74) is 0.793.